The molecule has 5 nitrogen and oxygen atoms in total. The molecule has 1 heterocycles. The number of rotatable bonds is 7. The molecule has 0 saturated carbocycles. The van der Waals surface area contributed by atoms with Crippen molar-refractivity contribution in [3.05, 3.63) is 83.7 Å². The third kappa shape index (κ3) is 4.97. The minimum atomic E-state index is -0.0547. The molecule has 4 rings (SSSR count). The van der Waals surface area contributed by atoms with Crippen LogP contribution in [0.4, 0.5) is 5.69 Å². The van der Waals surface area contributed by atoms with Gasteiger partial charge in [0, 0.05) is 19.2 Å². The van der Waals surface area contributed by atoms with Crippen molar-refractivity contribution >= 4 is 34.1 Å². The second-order valence-corrected chi connectivity index (χ2v) is 8.83. The molecule has 158 valence electrons. The van der Waals surface area contributed by atoms with Crippen LogP contribution in [0.5, 0.6) is 0 Å². The van der Waals surface area contributed by atoms with E-state index in [2.05, 4.69) is 77.9 Å². The van der Waals surface area contributed by atoms with Gasteiger partial charge in [-0.3, -0.25) is 4.79 Å². The van der Waals surface area contributed by atoms with E-state index in [1.54, 1.807) is 0 Å². The van der Waals surface area contributed by atoms with Crippen LogP contribution in [0, 0.1) is 0 Å². The summed E-state index contributed by atoms with van der Waals surface area (Å²) in [5.74, 6) is 1.58. The Morgan fingerprint density at radius 1 is 1.00 bits per heavy atom. The summed E-state index contributed by atoms with van der Waals surface area (Å²) >= 11 is 1.39. The summed E-state index contributed by atoms with van der Waals surface area (Å²) in [6.07, 6.45) is 0.694. The van der Waals surface area contributed by atoms with E-state index >= 15 is 0 Å². The van der Waals surface area contributed by atoms with E-state index in [9.17, 15) is 4.79 Å². The minimum Gasteiger partial charge on any atom is -0.325 e. The zero-order valence-electron chi connectivity index (χ0n) is 18.0. The lowest BCUT2D eigenvalue weighted by Crippen LogP contribution is -2.14. The van der Waals surface area contributed by atoms with E-state index in [1.165, 1.54) is 33.7 Å². The molecule has 0 fully saturated rings. The van der Waals surface area contributed by atoms with E-state index < -0.39 is 0 Å². The average Bonchev–Trinajstić information content (AvgIpc) is 3.12. The molecule has 4 aromatic rings. The van der Waals surface area contributed by atoms with Gasteiger partial charge in [0.1, 0.15) is 5.82 Å². The van der Waals surface area contributed by atoms with Gasteiger partial charge in [0.15, 0.2) is 5.16 Å². The van der Waals surface area contributed by atoms with Gasteiger partial charge in [-0.05, 0) is 39.9 Å². The van der Waals surface area contributed by atoms with Crippen LogP contribution in [-0.2, 0) is 18.3 Å². The van der Waals surface area contributed by atoms with Crippen molar-refractivity contribution in [2.45, 2.75) is 31.3 Å². The Balaban J connectivity index is 1.38. The third-order valence-corrected chi connectivity index (χ3v) is 6.37. The van der Waals surface area contributed by atoms with Crippen molar-refractivity contribution in [1.29, 1.82) is 0 Å². The number of benzene rings is 3. The van der Waals surface area contributed by atoms with Crippen molar-refractivity contribution in [3.63, 3.8) is 0 Å². The number of nitrogens with zero attached hydrogens (tertiary/aromatic N) is 3. The van der Waals surface area contributed by atoms with E-state index in [1.807, 2.05) is 29.8 Å². The Bertz CT molecular complexity index is 1190. The first kappa shape index (κ1) is 21.1. The van der Waals surface area contributed by atoms with Gasteiger partial charge in [0.05, 0.1) is 5.75 Å². The average molecular weight is 431 g/mol. The topological polar surface area (TPSA) is 59.8 Å². The van der Waals surface area contributed by atoms with Crippen LogP contribution in [0.2, 0.25) is 0 Å². The van der Waals surface area contributed by atoms with Gasteiger partial charge >= 0.3 is 0 Å². The number of carbonyl (C=O) groups excluding carboxylic acids is 1. The summed E-state index contributed by atoms with van der Waals surface area (Å²) < 4.78 is 1.97. The Morgan fingerprint density at radius 2 is 1.74 bits per heavy atom. The second kappa shape index (κ2) is 9.35. The summed E-state index contributed by atoms with van der Waals surface area (Å²) in [5, 5.41) is 14.8. The Kier molecular flexibility index (Phi) is 6.37. The Morgan fingerprint density at radius 3 is 2.52 bits per heavy atom. The first-order chi connectivity index (χ1) is 15.0. The molecule has 0 aliphatic heterocycles. The fourth-order valence-electron chi connectivity index (χ4n) is 3.52. The fourth-order valence-corrected chi connectivity index (χ4v) is 4.25. The van der Waals surface area contributed by atoms with Crippen molar-refractivity contribution in [3.8, 4) is 0 Å². The molecular weight excluding hydrogens is 404 g/mol. The molecule has 6 heteroatoms. The quantitative estimate of drug-likeness (QED) is 0.398. The van der Waals surface area contributed by atoms with Gasteiger partial charge in [-0.1, -0.05) is 80.2 Å². The van der Waals surface area contributed by atoms with Crippen molar-refractivity contribution in [2.24, 2.45) is 7.05 Å². The zero-order valence-corrected chi connectivity index (χ0v) is 18.8. The highest BCUT2D eigenvalue weighted by molar-refractivity contribution is 7.99. The number of thioether (sulfide) groups is 1. The predicted octanol–water partition coefficient (Wildman–Crippen LogP) is 5.41. The maximum absolute atomic E-state index is 12.4. The lowest BCUT2D eigenvalue weighted by molar-refractivity contribution is -0.113. The van der Waals surface area contributed by atoms with Crippen molar-refractivity contribution in [1.82, 2.24) is 14.8 Å². The van der Waals surface area contributed by atoms with E-state index in [4.69, 9.17) is 0 Å². The summed E-state index contributed by atoms with van der Waals surface area (Å²) in [6, 6.07) is 22.7. The van der Waals surface area contributed by atoms with Crippen LogP contribution in [0.25, 0.3) is 10.8 Å². The number of hydrogen-bond acceptors (Lipinski definition) is 4. The van der Waals surface area contributed by atoms with Crippen LogP contribution >= 0.6 is 11.8 Å². The SMILES string of the molecule is CC(C)c1ccc(NC(=O)CSc2nnc(Cc3cccc4ccccc34)n2C)cc1. The van der Waals surface area contributed by atoms with Crippen LogP contribution in [0.1, 0.15) is 36.7 Å². The molecule has 0 aliphatic carbocycles. The van der Waals surface area contributed by atoms with Crippen LogP contribution in [-0.4, -0.2) is 26.4 Å². The van der Waals surface area contributed by atoms with Gasteiger partial charge in [-0.2, -0.15) is 0 Å². The predicted molar refractivity (Wildman–Crippen MR) is 128 cm³/mol. The van der Waals surface area contributed by atoms with Crippen LogP contribution < -0.4 is 5.32 Å². The molecule has 0 spiro atoms. The van der Waals surface area contributed by atoms with Gasteiger partial charge in [-0.25, -0.2) is 0 Å². The molecule has 1 N–H and O–H groups in total. The first-order valence-corrected chi connectivity index (χ1v) is 11.4. The number of hydrogen-bond donors (Lipinski definition) is 1. The number of amides is 1. The molecule has 3 aromatic carbocycles. The maximum atomic E-state index is 12.4. The molecule has 0 atom stereocenters. The van der Waals surface area contributed by atoms with Gasteiger partial charge < -0.3 is 9.88 Å². The molecule has 0 unspecified atom stereocenters. The van der Waals surface area contributed by atoms with Gasteiger partial charge in [-0.15, -0.1) is 10.2 Å². The second-order valence-electron chi connectivity index (χ2n) is 7.89. The smallest absolute Gasteiger partial charge is 0.234 e. The summed E-state index contributed by atoms with van der Waals surface area (Å²) in [5.41, 5.74) is 3.28. The van der Waals surface area contributed by atoms with Crippen molar-refractivity contribution < 1.29 is 4.79 Å². The monoisotopic (exact) mass is 430 g/mol. The normalized spacial score (nSPS) is 11.2. The third-order valence-electron chi connectivity index (χ3n) is 5.35. The van der Waals surface area contributed by atoms with Gasteiger partial charge in [0.25, 0.3) is 0 Å². The molecule has 0 saturated heterocycles. The number of anilines is 1. The largest absolute Gasteiger partial charge is 0.325 e. The van der Waals surface area contributed by atoms with Gasteiger partial charge in [0.2, 0.25) is 5.91 Å². The summed E-state index contributed by atoms with van der Waals surface area (Å²) in [4.78, 5) is 12.4. The Labute approximate surface area is 186 Å². The highest BCUT2D eigenvalue weighted by Gasteiger charge is 2.13. The molecule has 1 amide bonds. The van der Waals surface area contributed by atoms with E-state index in [-0.39, 0.29) is 11.7 Å². The number of nitrogens with one attached hydrogen (secondary N) is 1. The van der Waals surface area contributed by atoms with E-state index in [0.29, 0.717) is 12.3 Å². The number of carbonyl (C=O) groups is 1. The molecule has 0 radical (unpaired) electrons. The van der Waals surface area contributed by atoms with Crippen LogP contribution in [0.3, 0.4) is 0 Å². The first-order valence-electron chi connectivity index (χ1n) is 10.4. The lowest BCUT2D eigenvalue weighted by Gasteiger charge is -2.09. The fraction of sp³-hybridized carbons (Fsp3) is 0.240. The Hall–Kier alpha value is -3.12. The molecule has 0 bridgehead atoms. The summed E-state index contributed by atoms with van der Waals surface area (Å²) in [7, 11) is 1.95. The number of fused-ring (bicyclic) bond motifs is 1. The highest BCUT2D eigenvalue weighted by atomic mass is 32.2. The standard InChI is InChI=1S/C25H26N4OS/c1-17(2)18-11-13-21(14-12-18)26-24(30)16-31-25-28-27-23(29(25)3)15-20-9-6-8-19-7-4-5-10-22(19)20/h4-14,17H,15-16H2,1-3H3,(H,26,30). The molecule has 1 aromatic heterocycles. The highest BCUT2D eigenvalue weighted by Crippen LogP contribution is 2.23. The summed E-state index contributed by atoms with van der Waals surface area (Å²) in [6.45, 7) is 4.30. The van der Waals surface area contributed by atoms with E-state index in [0.717, 1.165) is 16.7 Å². The maximum Gasteiger partial charge on any atom is 0.234 e. The molecular formula is C25H26N4OS. The molecule has 31 heavy (non-hydrogen) atoms. The number of aromatic nitrogens is 3. The lowest BCUT2D eigenvalue weighted by atomic mass is 10.0. The molecule has 0 aliphatic rings. The van der Waals surface area contributed by atoms with Crippen molar-refractivity contribution in [2.75, 3.05) is 11.1 Å². The zero-order chi connectivity index (χ0) is 21.8. The van der Waals surface area contributed by atoms with Crippen LogP contribution in [0.15, 0.2) is 71.9 Å². The minimum absolute atomic E-state index is 0.0547.